The van der Waals surface area contributed by atoms with E-state index < -0.39 is 0 Å². The smallest absolute Gasteiger partial charge is 0.322 e. The highest BCUT2D eigenvalue weighted by molar-refractivity contribution is 5.93. The topological polar surface area (TPSA) is 75.0 Å². The maximum atomic E-state index is 13.2. The molecule has 1 aliphatic heterocycles. The molecular weight excluding hydrogens is 382 g/mol. The van der Waals surface area contributed by atoms with Gasteiger partial charge in [-0.25, -0.2) is 4.79 Å². The second kappa shape index (κ2) is 10.3. The van der Waals surface area contributed by atoms with Gasteiger partial charge in [-0.05, 0) is 57.4 Å². The number of aryl methyl sites for hydroxylation is 1. The summed E-state index contributed by atoms with van der Waals surface area (Å²) in [6, 6.07) is 10.8. The van der Waals surface area contributed by atoms with Crippen molar-refractivity contribution in [2.75, 3.05) is 25.0 Å². The molecule has 1 unspecified atom stereocenters. The summed E-state index contributed by atoms with van der Waals surface area (Å²) in [5, 5.41) is 2.93. The van der Waals surface area contributed by atoms with Crippen LogP contribution in [0.15, 0.2) is 47.1 Å². The third-order valence-corrected chi connectivity index (χ3v) is 5.30. The highest BCUT2D eigenvalue weighted by Crippen LogP contribution is 2.17. The van der Waals surface area contributed by atoms with Crippen LogP contribution >= 0.6 is 0 Å². The van der Waals surface area contributed by atoms with Crippen LogP contribution in [0.5, 0.6) is 0 Å². The monoisotopic (exact) mass is 413 g/mol. The molecule has 1 fully saturated rings. The highest BCUT2D eigenvalue weighted by atomic mass is 16.5. The lowest BCUT2D eigenvalue weighted by atomic mass is 10.2. The van der Waals surface area contributed by atoms with E-state index in [2.05, 4.69) is 5.32 Å². The van der Waals surface area contributed by atoms with Crippen LogP contribution in [0.3, 0.4) is 0 Å². The van der Waals surface area contributed by atoms with Gasteiger partial charge in [-0.1, -0.05) is 18.2 Å². The predicted octanol–water partition coefficient (Wildman–Crippen LogP) is 4.04. The molecule has 7 nitrogen and oxygen atoms in total. The van der Waals surface area contributed by atoms with Gasteiger partial charge in [-0.15, -0.1) is 0 Å². The fourth-order valence-corrected chi connectivity index (χ4v) is 3.51. The number of para-hydroxylation sites is 1. The third kappa shape index (κ3) is 5.86. The van der Waals surface area contributed by atoms with Gasteiger partial charge in [-0.2, -0.15) is 0 Å². The van der Waals surface area contributed by atoms with Gasteiger partial charge in [0.2, 0.25) is 5.91 Å². The number of urea groups is 1. The number of carbonyl (C=O) groups excluding carboxylic acids is 2. The molecule has 2 aromatic rings. The Labute approximate surface area is 178 Å². The number of rotatable bonds is 8. The molecule has 1 N–H and O–H groups in total. The van der Waals surface area contributed by atoms with E-state index in [1.807, 2.05) is 51.1 Å². The summed E-state index contributed by atoms with van der Waals surface area (Å²) < 4.78 is 11.2. The Balaban J connectivity index is 1.69. The largest absolute Gasteiger partial charge is 0.467 e. The first-order valence-electron chi connectivity index (χ1n) is 10.5. The molecule has 0 saturated carbocycles. The van der Waals surface area contributed by atoms with Crippen molar-refractivity contribution >= 4 is 17.6 Å². The zero-order chi connectivity index (χ0) is 21.5. The normalized spacial score (nSPS) is 15.9. The van der Waals surface area contributed by atoms with Crippen LogP contribution in [-0.2, 0) is 16.1 Å². The minimum Gasteiger partial charge on any atom is -0.467 e. The van der Waals surface area contributed by atoms with Crippen molar-refractivity contribution in [1.82, 2.24) is 9.80 Å². The third-order valence-electron chi connectivity index (χ3n) is 5.30. The lowest BCUT2D eigenvalue weighted by molar-refractivity contribution is -0.134. The molecule has 7 heteroatoms. The van der Waals surface area contributed by atoms with Crippen LogP contribution in [0.4, 0.5) is 10.5 Å². The Hall–Kier alpha value is -2.80. The van der Waals surface area contributed by atoms with Crippen LogP contribution in [0.1, 0.15) is 38.0 Å². The zero-order valence-electron chi connectivity index (χ0n) is 18.0. The quantitative estimate of drug-likeness (QED) is 0.709. The maximum absolute atomic E-state index is 13.2. The number of amides is 3. The molecule has 0 radical (unpaired) electrons. The Kier molecular flexibility index (Phi) is 7.52. The Morgan fingerprint density at radius 2 is 2.00 bits per heavy atom. The SMILES string of the molecule is Cc1ccccc1NC(=O)N(CC(=O)N(Cc1ccco1)CC1CCCO1)C(C)C. The molecule has 1 aliphatic rings. The number of nitrogens with one attached hydrogen (secondary N) is 1. The first-order valence-corrected chi connectivity index (χ1v) is 10.5. The molecular formula is C23H31N3O4. The van der Waals surface area contributed by atoms with Gasteiger partial charge >= 0.3 is 6.03 Å². The summed E-state index contributed by atoms with van der Waals surface area (Å²) >= 11 is 0. The molecule has 3 amide bonds. The summed E-state index contributed by atoms with van der Waals surface area (Å²) in [6.07, 6.45) is 3.56. The molecule has 0 aliphatic carbocycles. The molecule has 30 heavy (non-hydrogen) atoms. The van der Waals surface area contributed by atoms with Crippen molar-refractivity contribution in [3.8, 4) is 0 Å². The van der Waals surface area contributed by atoms with Crippen LogP contribution in [0.2, 0.25) is 0 Å². The van der Waals surface area contributed by atoms with Crippen LogP contribution < -0.4 is 5.32 Å². The Morgan fingerprint density at radius 3 is 2.63 bits per heavy atom. The van der Waals surface area contributed by atoms with Gasteiger partial charge in [0.1, 0.15) is 12.3 Å². The molecule has 0 bridgehead atoms. The number of hydrogen-bond donors (Lipinski definition) is 1. The average Bonchev–Trinajstić information content (AvgIpc) is 3.41. The lowest BCUT2D eigenvalue weighted by Gasteiger charge is -2.31. The zero-order valence-corrected chi connectivity index (χ0v) is 18.0. The Bertz CT molecular complexity index is 829. The molecule has 3 rings (SSSR count). The van der Waals surface area contributed by atoms with Gasteiger partial charge in [0.05, 0.1) is 18.9 Å². The van der Waals surface area contributed by atoms with E-state index in [1.54, 1.807) is 22.1 Å². The molecule has 1 aromatic carbocycles. The number of furan rings is 1. The van der Waals surface area contributed by atoms with E-state index in [9.17, 15) is 9.59 Å². The number of benzene rings is 1. The molecule has 162 valence electrons. The first-order chi connectivity index (χ1) is 14.4. The Morgan fingerprint density at radius 1 is 1.20 bits per heavy atom. The fraction of sp³-hybridized carbons (Fsp3) is 0.478. The van der Waals surface area contributed by atoms with Crippen molar-refractivity contribution < 1.29 is 18.7 Å². The summed E-state index contributed by atoms with van der Waals surface area (Å²) in [6.45, 7) is 7.31. The number of hydrogen-bond acceptors (Lipinski definition) is 4. The number of nitrogens with zero attached hydrogens (tertiary/aromatic N) is 2. The second-order valence-electron chi connectivity index (χ2n) is 7.96. The molecule has 1 aromatic heterocycles. The molecule has 1 saturated heterocycles. The van der Waals surface area contributed by atoms with Gasteiger partial charge in [0, 0.05) is 24.9 Å². The molecule has 0 spiro atoms. The van der Waals surface area contributed by atoms with Crippen LogP contribution in [0, 0.1) is 6.92 Å². The summed E-state index contributed by atoms with van der Waals surface area (Å²) in [4.78, 5) is 29.4. The summed E-state index contributed by atoms with van der Waals surface area (Å²) in [5.41, 5.74) is 1.71. The van der Waals surface area contributed by atoms with Gasteiger partial charge in [0.15, 0.2) is 0 Å². The van der Waals surface area contributed by atoms with E-state index >= 15 is 0 Å². The van der Waals surface area contributed by atoms with E-state index in [1.165, 1.54) is 0 Å². The van der Waals surface area contributed by atoms with Crippen LogP contribution in [-0.4, -0.2) is 53.6 Å². The van der Waals surface area contributed by atoms with Gasteiger partial charge in [-0.3, -0.25) is 4.79 Å². The van der Waals surface area contributed by atoms with Crippen molar-refractivity contribution in [2.24, 2.45) is 0 Å². The van der Waals surface area contributed by atoms with Crippen molar-refractivity contribution in [1.29, 1.82) is 0 Å². The summed E-state index contributed by atoms with van der Waals surface area (Å²) in [7, 11) is 0. The van der Waals surface area contributed by atoms with Crippen molar-refractivity contribution in [3.05, 3.63) is 54.0 Å². The van der Waals surface area contributed by atoms with Crippen LogP contribution in [0.25, 0.3) is 0 Å². The number of ether oxygens (including phenoxy) is 1. The fourth-order valence-electron chi connectivity index (χ4n) is 3.51. The minimum absolute atomic E-state index is 0.0111. The highest BCUT2D eigenvalue weighted by Gasteiger charge is 2.27. The second-order valence-corrected chi connectivity index (χ2v) is 7.96. The van der Waals surface area contributed by atoms with Crippen molar-refractivity contribution in [2.45, 2.75) is 52.3 Å². The lowest BCUT2D eigenvalue weighted by Crippen LogP contribution is -2.48. The van der Waals surface area contributed by atoms with E-state index in [0.717, 1.165) is 30.7 Å². The molecule has 2 heterocycles. The molecule has 1 atom stereocenters. The maximum Gasteiger partial charge on any atom is 0.322 e. The van der Waals surface area contributed by atoms with Gasteiger partial charge in [0.25, 0.3) is 0 Å². The van der Waals surface area contributed by atoms with Crippen molar-refractivity contribution in [3.63, 3.8) is 0 Å². The van der Waals surface area contributed by atoms with E-state index in [4.69, 9.17) is 9.15 Å². The number of anilines is 1. The standard InChI is InChI=1S/C23H31N3O4/c1-17(2)26(23(28)24-21-11-5-4-8-18(21)3)16-22(27)25(14-19-9-6-12-29-19)15-20-10-7-13-30-20/h4-6,8-9,11-12,17,20H,7,10,13-16H2,1-3H3,(H,24,28). The average molecular weight is 414 g/mol. The van der Waals surface area contributed by atoms with Gasteiger partial charge < -0.3 is 24.3 Å². The predicted molar refractivity (Wildman–Crippen MR) is 115 cm³/mol. The summed E-state index contributed by atoms with van der Waals surface area (Å²) in [5.74, 6) is 0.581. The first kappa shape index (κ1) is 21.9. The van der Waals surface area contributed by atoms with E-state index in [0.29, 0.717) is 18.8 Å². The van der Waals surface area contributed by atoms with E-state index in [-0.39, 0.29) is 30.6 Å². The minimum atomic E-state index is -0.289. The number of carbonyl (C=O) groups is 2.